The van der Waals surface area contributed by atoms with Crippen molar-refractivity contribution in [1.82, 2.24) is 10.2 Å². The van der Waals surface area contributed by atoms with Crippen LogP contribution in [0.3, 0.4) is 0 Å². The van der Waals surface area contributed by atoms with E-state index in [-0.39, 0.29) is 0 Å². The number of nitrogens with zero attached hydrogens (tertiary/aromatic N) is 1. The van der Waals surface area contributed by atoms with Gasteiger partial charge in [0.25, 0.3) is 0 Å². The second-order valence-electron chi connectivity index (χ2n) is 5.97. The van der Waals surface area contributed by atoms with Gasteiger partial charge in [-0.25, -0.2) is 0 Å². The first-order valence-electron chi connectivity index (χ1n) is 7.31. The molecule has 0 radical (unpaired) electrons. The van der Waals surface area contributed by atoms with Crippen molar-refractivity contribution in [3.63, 3.8) is 0 Å². The van der Waals surface area contributed by atoms with Crippen molar-refractivity contribution in [1.29, 1.82) is 0 Å². The molecule has 3 heterocycles. The highest BCUT2D eigenvalue weighted by Gasteiger charge is 2.34. The average Bonchev–Trinajstić information content (AvgIpc) is 2.87. The highest BCUT2D eigenvalue weighted by Crippen LogP contribution is 2.33. The zero-order chi connectivity index (χ0) is 13.1. The Labute approximate surface area is 119 Å². The van der Waals surface area contributed by atoms with Gasteiger partial charge in [-0.2, -0.15) is 0 Å². The van der Waals surface area contributed by atoms with E-state index in [1.807, 2.05) is 11.3 Å². The molecule has 19 heavy (non-hydrogen) atoms. The predicted molar refractivity (Wildman–Crippen MR) is 79.7 cm³/mol. The van der Waals surface area contributed by atoms with Gasteiger partial charge in [0, 0.05) is 44.3 Å². The van der Waals surface area contributed by atoms with Crippen molar-refractivity contribution in [2.45, 2.75) is 25.8 Å². The van der Waals surface area contributed by atoms with Crippen LogP contribution in [0.4, 0.5) is 0 Å². The highest BCUT2D eigenvalue weighted by atomic mass is 32.1. The van der Waals surface area contributed by atoms with Crippen molar-refractivity contribution >= 4 is 11.3 Å². The van der Waals surface area contributed by atoms with Gasteiger partial charge in [0.2, 0.25) is 0 Å². The molecule has 0 aromatic carbocycles. The van der Waals surface area contributed by atoms with Crippen LogP contribution in [0.25, 0.3) is 0 Å². The van der Waals surface area contributed by atoms with Gasteiger partial charge in [-0.1, -0.05) is 0 Å². The van der Waals surface area contributed by atoms with E-state index >= 15 is 0 Å². The average molecular weight is 280 g/mol. The number of rotatable bonds is 4. The van der Waals surface area contributed by atoms with Crippen LogP contribution >= 0.6 is 11.3 Å². The molecular weight excluding hydrogens is 256 g/mol. The van der Waals surface area contributed by atoms with Crippen LogP contribution in [0, 0.1) is 5.41 Å². The summed E-state index contributed by atoms with van der Waals surface area (Å²) in [7, 11) is 2.07. The maximum absolute atomic E-state index is 5.56. The van der Waals surface area contributed by atoms with E-state index in [1.165, 1.54) is 32.4 Å². The Bertz CT molecular complexity index is 407. The monoisotopic (exact) mass is 280 g/mol. The van der Waals surface area contributed by atoms with Crippen molar-refractivity contribution in [2.75, 3.05) is 39.9 Å². The van der Waals surface area contributed by atoms with Gasteiger partial charge in [0.05, 0.1) is 0 Å². The summed E-state index contributed by atoms with van der Waals surface area (Å²) in [5.41, 5.74) is 1.98. The summed E-state index contributed by atoms with van der Waals surface area (Å²) >= 11 is 1.92. The van der Waals surface area contributed by atoms with Gasteiger partial charge >= 0.3 is 0 Å². The molecule has 0 unspecified atom stereocenters. The molecule has 4 heteroatoms. The summed E-state index contributed by atoms with van der Waals surface area (Å²) in [6, 6.07) is 2.31. The van der Waals surface area contributed by atoms with Gasteiger partial charge < -0.3 is 10.1 Å². The normalized spacial score (nSPS) is 23.2. The molecule has 106 valence electrons. The number of hydrogen-bond acceptors (Lipinski definition) is 4. The van der Waals surface area contributed by atoms with Crippen LogP contribution in [0.15, 0.2) is 11.4 Å². The fraction of sp³-hybridized carbons (Fsp3) is 0.733. The minimum absolute atomic E-state index is 0.417. The molecule has 3 rings (SSSR count). The molecular formula is C15H24N2OS. The van der Waals surface area contributed by atoms with E-state index in [4.69, 9.17) is 4.74 Å². The lowest BCUT2D eigenvalue weighted by Gasteiger charge is -2.42. The van der Waals surface area contributed by atoms with E-state index in [0.717, 1.165) is 26.3 Å². The third kappa shape index (κ3) is 3.02. The predicted octanol–water partition coefficient (Wildman–Crippen LogP) is 2.12. The Morgan fingerprint density at radius 2 is 2.26 bits per heavy atom. The molecule has 0 amide bonds. The lowest BCUT2D eigenvalue weighted by Crippen LogP contribution is -2.47. The molecule has 0 atom stereocenters. The van der Waals surface area contributed by atoms with Crippen molar-refractivity contribution in [2.24, 2.45) is 5.41 Å². The Balaban J connectivity index is 1.66. The van der Waals surface area contributed by atoms with Gasteiger partial charge in [-0.15, -0.1) is 11.3 Å². The van der Waals surface area contributed by atoms with E-state index in [2.05, 4.69) is 28.7 Å². The topological polar surface area (TPSA) is 24.5 Å². The third-order valence-corrected chi connectivity index (χ3v) is 5.57. The molecule has 0 spiro atoms. The summed E-state index contributed by atoms with van der Waals surface area (Å²) in [4.78, 5) is 4.25. The summed E-state index contributed by atoms with van der Waals surface area (Å²) in [5.74, 6) is 0. The number of ether oxygens (including phenoxy) is 1. The molecule has 1 aromatic rings. The smallest absolute Gasteiger partial charge is 0.0472 e. The first-order valence-corrected chi connectivity index (χ1v) is 8.19. The van der Waals surface area contributed by atoms with Crippen molar-refractivity contribution in [3.8, 4) is 0 Å². The van der Waals surface area contributed by atoms with Crippen LogP contribution in [0.5, 0.6) is 0 Å². The zero-order valence-corrected chi connectivity index (χ0v) is 12.6. The van der Waals surface area contributed by atoms with Crippen molar-refractivity contribution < 1.29 is 4.74 Å². The summed E-state index contributed by atoms with van der Waals surface area (Å²) in [5, 5.41) is 5.64. The van der Waals surface area contributed by atoms with Crippen LogP contribution < -0.4 is 5.32 Å². The number of hydrogen-bond donors (Lipinski definition) is 1. The second-order valence-corrected chi connectivity index (χ2v) is 6.97. The van der Waals surface area contributed by atoms with Gasteiger partial charge in [0.1, 0.15) is 0 Å². The molecule has 3 nitrogen and oxygen atoms in total. The van der Waals surface area contributed by atoms with Crippen molar-refractivity contribution in [3.05, 3.63) is 21.9 Å². The molecule has 0 aliphatic carbocycles. The fourth-order valence-corrected chi connectivity index (χ4v) is 4.38. The van der Waals surface area contributed by atoms with E-state index in [0.29, 0.717) is 5.41 Å². The highest BCUT2D eigenvalue weighted by molar-refractivity contribution is 7.10. The molecule has 1 saturated heterocycles. The van der Waals surface area contributed by atoms with Gasteiger partial charge in [-0.05, 0) is 48.7 Å². The number of nitrogens with one attached hydrogen (secondary N) is 1. The molecule has 0 bridgehead atoms. The zero-order valence-electron chi connectivity index (χ0n) is 11.8. The summed E-state index contributed by atoms with van der Waals surface area (Å²) < 4.78 is 5.56. The minimum Gasteiger partial charge on any atom is -0.381 e. The Morgan fingerprint density at radius 3 is 3.05 bits per heavy atom. The third-order valence-electron chi connectivity index (χ3n) is 4.55. The number of thiophene rings is 1. The first kappa shape index (κ1) is 13.6. The molecule has 2 aliphatic rings. The van der Waals surface area contributed by atoms with Gasteiger partial charge in [-0.3, -0.25) is 4.90 Å². The van der Waals surface area contributed by atoms with Crippen LogP contribution in [-0.2, 0) is 17.7 Å². The standard InChI is InChI=1S/C15H24N2OS/c1-16-11-15(4-7-18-8-5-15)12-17-6-2-14-13(10-17)3-9-19-14/h3,9,16H,2,4-8,10-12H2,1H3. The Kier molecular flexibility index (Phi) is 4.22. The lowest BCUT2D eigenvalue weighted by molar-refractivity contribution is -0.00561. The molecule has 1 aromatic heterocycles. The molecule has 2 aliphatic heterocycles. The van der Waals surface area contributed by atoms with Crippen LogP contribution in [0.1, 0.15) is 23.3 Å². The Morgan fingerprint density at radius 1 is 1.42 bits per heavy atom. The van der Waals surface area contributed by atoms with E-state index < -0.39 is 0 Å². The summed E-state index contributed by atoms with van der Waals surface area (Å²) in [6.07, 6.45) is 3.63. The molecule has 1 fully saturated rings. The largest absolute Gasteiger partial charge is 0.381 e. The quantitative estimate of drug-likeness (QED) is 0.914. The van der Waals surface area contributed by atoms with E-state index in [9.17, 15) is 0 Å². The van der Waals surface area contributed by atoms with Crippen LogP contribution in [-0.4, -0.2) is 44.8 Å². The van der Waals surface area contributed by atoms with Crippen LogP contribution in [0.2, 0.25) is 0 Å². The Hall–Kier alpha value is -0.420. The number of fused-ring (bicyclic) bond motifs is 1. The van der Waals surface area contributed by atoms with Gasteiger partial charge in [0.15, 0.2) is 0 Å². The maximum atomic E-state index is 5.56. The summed E-state index contributed by atoms with van der Waals surface area (Å²) in [6.45, 7) is 6.55. The molecule has 0 saturated carbocycles. The molecule has 1 N–H and O–H groups in total. The fourth-order valence-electron chi connectivity index (χ4n) is 3.49. The van der Waals surface area contributed by atoms with E-state index in [1.54, 1.807) is 10.4 Å². The second kappa shape index (κ2) is 5.92. The first-order chi connectivity index (χ1) is 9.31. The minimum atomic E-state index is 0.417. The maximum Gasteiger partial charge on any atom is 0.0472 e. The SMILES string of the molecule is CNCC1(CN2CCc3sccc3C2)CCOCC1. The lowest BCUT2D eigenvalue weighted by atomic mass is 9.79.